The number of hydrogen-bond acceptors (Lipinski definition) is 5. The molecular formula is C8H10BrN3O2. The van der Waals surface area contributed by atoms with Crippen LogP contribution in [-0.4, -0.2) is 29.3 Å². The van der Waals surface area contributed by atoms with E-state index in [9.17, 15) is 0 Å². The van der Waals surface area contributed by atoms with E-state index in [1.165, 1.54) is 0 Å². The second-order valence-electron chi connectivity index (χ2n) is 2.99. The molecule has 1 aromatic heterocycles. The van der Waals surface area contributed by atoms with Crippen molar-refractivity contribution >= 4 is 21.9 Å². The Bertz CT molecular complexity index is 308. The maximum atomic E-state index is 5.55. The summed E-state index contributed by atoms with van der Waals surface area (Å²) >= 11 is 3.22. The van der Waals surface area contributed by atoms with E-state index in [1.807, 2.05) is 0 Å². The van der Waals surface area contributed by atoms with Gasteiger partial charge in [0.1, 0.15) is 10.7 Å². The Balaban J connectivity index is 2.07. The maximum Gasteiger partial charge on any atom is 0.224 e. The predicted octanol–water partition coefficient (Wildman–Crippen LogP) is 0.989. The van der Waals surface area contributed by atoms with E-state index in [0.29, 0.717) is 17.1 Å². The Labute approximate surface area is 89.8 Å². The van der Waals surface area contributed by atoms with Crippen molar-refractivity contribution in [2.45, 2.75) is 12.5 Å². The van der Waals surface area contributed by atoms with Crippen LogP contribution in [0.4, 0.5) is 5.95 Å². The van der Waals surface area contributed by atoms with Crippen molar-refractivity contribution in [3.63, 3.8) is 0 Å². The SMILES string of the molecule is Nc1nc(Br)cc(OC2CCOC2)n1. The minimum Gasteiger partial charge on any atom is -0.472 e. The van der Waals surface area contributed by atoms with Gasteiger partial charge in [-0.1, -0.05) is 0 Å². The smallest absolute Gasteiger partial charge is 0.224 e. The first kappa shape index (κ1) is 9.67. The molecule has 6 heteroatoms. The number of aromatic nitrogens is 2. The average Bonchev–Trinajstić information content (AvgIpc) is 2.54. The number of halogens is 1. The summed E-state index contributed by atoms with van der Waals surface area (Å²) in [6, 6.07) is 1.69. The first-order valence-electron chi connectivity index (χ1n) is 4.28. The van der Waals surface area contributed by atoms with Gasteiger partial charge >= 0.3 is 0 Å². The van der Waals surface area contributed by atoms with Gasteiger partial charge in [0.05, 0.1) is 13.2 Å². The van der Waals surface area contributed by atoms with Gasteiger partial charge in [-0.3, -0.25) is 0 Å². The van der Waals surface area contributed by atoms with E-state index >= 15 is 0 Å². The van der Waals surface area contributed by atoms with Gasteiger partial charge in [-0.25, -0.2) is 4.98 Å². The van der Waals surface area contributed by atoms with Crippen molar-refractivity contribution in [1.29, 1.82) is 0 Å². The molecule has 0 bridgehead atoms. The van der Waals surface area contributed by atoms with E-state index in [4.69, 9.17) is 15.2 Å². The molecule has 0 radical (unpaired) electrons. The van der Waals surface area contributed by atoms with Gasteiger partial charge in [-0.2, -0.15) is 4.98 Å². The molecule has 1 aliphatic rings. The van der Waals surface area contributed by atoms with Gasteiger partial charge in [0.25, 0.3) is 0 Å². The predicted molar refractivity (Wildman–Crippen MR) is 54.0 cm³/mol. The van der Waals surface area contributed by atoms with Crippen LogP contribution in [0, 0.1) is 0 Å². The number of nitrogen functional groups attached to an aromatic ring is 1. The lowest BCUT2D eigenvalue weighted by molar-refractivity contribution is 0.138. The molecular weight excluding hydrogens is 250 g/mol. The number of rotatable bonds is 2. The molecule has 2 rings (SSSR count). The molecule has 1 aliphatic heterocycles. The van der Waals surface area contributed by atoms with Crippen molar-refractivity contribution in [1.82, 2.24) is 9.97 Å². The lowest BCUT2D eigenvalue weighted by Gasteiger charge is -2.10. The molecule has 0 aliphatic carbocycles. The Morgan fingerprint density at radius 2 is 2.43 bits per heavy atom. The second kappa shape index (κ2) is 4.10. The maximum absolute atomic E-state index is 5.55. The molecule has 1 saturated heterocycles. The molecule has 0 aromatic carbocycles. The Hall–Kier alpha value is -0.880. The summed E-state index contributed by atoms with van der Waals surface area (Å²) in [5, 5.41) is 0. The quantitative estimate of drug-likeness (QED) is 0.803. The summed E-state index contributed by atoms with van der Waals surface area (Å²) in [6.45, 7) is 1.36. The molecule has 1 aromatic rings. The monoisotopic (exact) mass is 259 g/mol. The third kappa shape index (κ3) is 2.33. The van der Waals surface area contributed by atoms with Crippen LogP contribution in [0.25, 0.3) is 0 Å². The summed E-state index contributed by atoms with van der Waals surface area (Å²) in [5.74, 6) is 0.688. The number of anilines is 1. The summed E-state index contributed by atoms with van der Waals surface area (Å²) in [5.41, 5.74) is 5.47. The van der Waals surface area contributed by atoms with Crippen molar-refractivity contribution < 1.29 is 9.47 Å². The fraction of sp³-hybridized carbons (Fsp3) is 0.500. The van der Waals surface area contributed by atoms with Gasteiger partial charge in [-0.05, 0) is 15.9 Å². The molecule has 1 unspecified atom stereocenters. The lowest BCUT2D eigenvalue weighted by atomic mass is 10.3. The average molecular weight is 260 g/mol. The van der Waals surface area contributed by atoms with Gasteiger partial charge in [0.2, 0.25) is 11.8 Å². The van der Waals surface area contributed by atoms with Crippen molar-refractivity contribution in [3.05, 3.63) is 10.7 Å². The summed E-state index contributed by atoms with van der Waals surface area (Å²) in [4.78, 5) is 7.84. The highest BCUT2D eigenvalue weighted by molar-refractivity contribution is 9.10. The fourth-order valence-corrected chi connectivity index (χ4v) is 1.63. The Morgan fingerprint density at radius 1 is 1.57 bits per heavy atom. The first-order valence-corrected chi connectivity index (χ1v) is 5.08. The highest BCUT2D eigenvalue weighted by atomic mass is 79.9. The van der Waals surface area contributed by atoms with Crippen LogP contribution in [-0.2, 0) is 4.74 Å². The zero-order valence-electron chi connectivity index (χ0n) is 7.44. The van der Waals surface area contributed by atoms with Gasteiger partial charge in [-0.15, -0.1) is 0 Å². The standard InChI is InChI=1S/C8H10BrN3O2/c9-6-3-7(12-8(10)11-6)14-5-1-2-13-4-5/h3,5H,1-2,4H2,(H2,10,11,12). The van der Waals surface area contributed by atoms with Crippen LogP contribution in [0.1, 0.15) is 6.42 Å². The fourth-order valence-electron chi connectivity index (χ4n) is 1.25. The van der Waals surface area contributed by atoms with E-state index < -0.39 is 0 Å². The van der Waals surface area contributed by atoms with Gasteiger partial charge in [0, 0.05) is 12.5 Å². The molecule has 2 heterocycles. The third-order valence-electron chi connectivity index (χ3n) is 1.86. The van der Waals surface area contributed by atoms with Crippen molar-refractivity contribution in [2.24, 2.45) is 0 Å². The van der Waals surface area contributed by atoms with Crippen LogP contribution in [0.15, 0.2) is 10.7 Å². The van der Waals surface area contributed by atoms with Crippen LogP contribution in [0.5, 0.6) is 5.88 Å². The number of nitrogens with two attached hydrogens (primary N) is 1. The molecule has 14 heavy (non-hydrogen) atoms. The Kier molecular flexibility index (Phi) is 2.83. The molecule has 2 N–H and O–H groups in total. The highest BCUT2D eigenvalue weighted by Crippen LogP contribution is 2.18. The molecule has 5 nitrogen and oxygen atoms in total. The molecule has 76 valence electrons. The third-order valence-corrected chi connectivity index (χ3v) is 2.27. The highest BCUT2D eigenvalue weighted by Gasteiger charge is 2.18. The van der Waals surface area contributed by atoms with Gasteiger partial charge < -0.3 is 15.2 Å². The molecule has 1 fully saturated rings. The number of hydrogen-bond donors (Lipinski definition) is 1. The van der Waals surface area contributed by atoms with Crippen molar-refractivity contribution in [3.8, 4) is 5.88 Å². The summed E-state index contributed by atoms with van der Waals surface area (Å²) in [7, 11) is 0. The van der Waals surface area contributed by atoms with E-state index in [0.717, 1.165) is 13.0 Å². The minimum atomic E-state index is 0.0798. The lowest BCUT2D eigenvalue weighted by Crippen LogP contribution is -2.16. The van der Waals surface area contributed by atoms with Crippen LogP contribution < -0.4 is 10.5 Å². The largest absolute Gasteiger partial charge is 0.472 e. The summed E-state index contributed by atoms with van der Waals surface area (Å²) in [6.07, 6.45) is 0.970. The van der Waals surface area contributed by atoms with E-state index in [-0.39, 0.29) is 12.1 Å². The number of nitrogens with zero attached hydrogens (tertiary/aromatic N) is 2. The zero-order valence-corrected chi connectivity index (χ0v) is 9.03. The minimum absolute atomic E-state index is 0.0798. The topological polar surface area (TPSA) is 70.3 Å². The zero-order chi connectivity index (χ0) is 9.97. The molecule has 0 spiro atoms. The molecule has 0 amide bonds. The van der Waals surface area contributed by atoms with Crippen LogP contribution in [0.3, 0.4) is 0 Å². The second-order valence-corrected chi connectivity index (χ2v) is 3.80. The van der Waals surface area contributed by atoms with E-state index in [2.05, 4.69) is 25.9 Å². The molecule has 1 atom stereocenters. The van der Waals surface area contributed by atoms with Crippen LogP contribution in [0.2, 0.25) is 0 Å². The summed E-state index contributed by atoms with van der Waals surface area (Å²) < 4.78 is 11.4. The normalized spacial score (nSPS) is 21.1. The van der Waals surface area contributed by atoms with Gasteiger partial charge in [0.15, 0.2) is 0 Å². The molecule has 0 saturated carbocycles. The van der Waals surface area contributed by atoms with E-state index in [1.54, 1.807) is 6.07 Å². The van der Waals surface area contributed by atoms with Crippen LogP contribution >= 0.6 is 15.9 Å². The van der Waals surface area contributed by atoms with Crippen molar-refractivity contribution in [2.75, 3.05) is 18.9 Å². The number of ether oxygens (including phenoxy) is 2. The first-order chi connectivity index (χ1) is 6.74. The Morgan fingerprint density at radius 3 is 3.07 bits per heavy atom.